The van der Waals surface area contributed by atoms with E-state index in [4.69, 9.17) is 9.16 Å². The highest BCUT2D eigenvalue weighted by Crippen LogP contribution is 2.44. The SMILES string of the molecule is CCCCOC(=O)C[C@H](CC(=O)C=P(c1ccccc1)(c1ccccc1)c1ccccc1)O[Si](C)(C)C(C)(C)C. The van der Waals surface area contributed by atoms with Crippen LogP contribution in [0.2, 0.25) is 18.1 Å². The summed E-state index contributed by atoms with van der Waals surface area (Å²) in [6, 6.07) is 30.9. The molecule has 6 heteroatoms. The zero-order valence-electron chi connectivity index (χ0n) is 24.9. The minimum Gasteiger partial charge on any atom is -0.466 e. The fourth-order valence-corrected chi connectivity index (χ4v) is 9.64. The molecule has 0 N–H and O–H groups in total. The summed E-state index contributed by atoms with van der Waals surface area (Å²) in [7, 11) is -2.26. The van der Waals surface area contributed by atoms with Gasteiger partial charge in [0.05, 0.1) is 19.1 Å². The second kappa shape index (κ2) is 14.3. The van der Waals surface area contributed by atoms with E-state index in [1.54, 1.807) is 0 Å². The lowest BCUT2D eigenvalue weighted by Gasteiger charge is -2.39. The van der Waals surface area contributed by atoms with Crippen LogP contribution in [0.4, 0.5) is 0 Å². The minimum absolute atomic E-state index is 0.0186. The quantitative estimate of drug-likeness (QED) is 0.0965. The molecule has 3 aromatic rings. The van der Waals surface area contributed by atoms with E-state index in [-0.39, 0.29) is 29.6 Å². The number of ether oxygens (including phenoxy) is 1. The van der Waals surface area contributed by atoms with Gasteiger partial charge in [-0.05, 0) is 53.1 Å². The summed E-state index contributed by atoms with van der Waals surface area (Å²) in [5, 5.41) is 3.28. The predicted molar refractivity (Wildman–Crippen MR) is 173 cm³/mol. The number of unbranched alkanes of at least 4 members (excludes halogenated alkanes) is 1. The van der Waals surface area contributed by atoms with Gasteiger partial charge in [-0.2, -0.15) is 0 Å². The summed E-state index contributed by atoms with van der Waals surface area (Å²) in [6.45, 7) is 10.8. The topological polar surface area (TPSA) is 52.6 Å². The van der Waals surface area contributed by atoms with Crippen molar-refractivity contribution < 1.29 is 18.8 Å². The van der Waals surface area contributed by atoms with Crippen LogP contribution in [-0.4, -0.2) is 38.6 Å². The molecule has 40 heavy (non-hydrogen) atoms. The van der Waals surface area contributed by atoms with Crippen LogP contribution in [0.25, 0.3) is 0 Å². The highest BCUT2D eigenvalue weighted by molar-refractivity contribution is 7.95. The molecule has 0 radical (unpaired) electrons. The average Bonchev–Trinajstić information content (AvgIpc) is 2.92. The molecule has 0 spiro atoms. The number of hydrogen-bond donors (Lipinski definition) is 0. The van der Waals surface area contributed by atoms with Gasteiger partial charge in [-0.1, -0.05) is 125 Å². The van der Waals surface area contributed by atoms with Gasteiger partial charge < -0.3 is 9.16 Å². The number of Topliss-reactive ketones (excluding diaryl/α,β-unsaturated/α-hetero) is 1. The molecule has 1 atom stereocenters. The van der Waals surface area contributed by atoms with Crippen molar-refractivity contribution in [1.82, 2.24) is 0 Å². The summed E-state index contributed by atoms with van der Waals surface area (Å²) >= 11 is 0. The lowest BCUT2D eigenvalue weighted by atomic mass is 10.1. The van der Waals surface area contributed by atoms with Gasteiger partial charge in [-0.25, -0.2) is 0 Å². The molecule has 0 aliphatic heterocycles. The Labute approximate surface area is 242 Å². The third kappa shape index (κ3) is 8.16. The summed E-state index contributed by atoms with van der Waals surface area (Å²) < 4.78 is 12.2. The molecule has 0 saturated carbocycles. The molecule has 0 aliphatic carbocycles. The van der Waals surface area contributed by atoms with E-state index < -0.39 is 21.3 Å². The van der Waals surface area contributed by atoms with E-state index in [1.807, 2.05) is 60.4 Å². The summed E-state index contributed by atoms with van der Waals surface area (Å²) in [4.78, 5) is 26.9. The molecule has 0 amide bonds. The molecule has 0 fully saturated rings. The van der Waals surface area contributed by atoms with E-state index in [2.05, 4.69) is 77.2 Å². The van der Waals surface area contributed by atoms with Crippen LogP contribution in [0.1, 0.15) is 53.4 Å². The number of esters is 1. The molecule has 3 aromatic carbocycles. The second-order valence-electron chi connectivity index (χ2n) is 11.8. The molecule has 0 unspecified atom stereocenters. The Balaban J connectivity index is 2.09. The first-order chi connectivity index (χ1) is 19.0. The summed E-state index contributed by atoms with van der Waals surface area (Å²) in [5.74, 6) is 1.62. The number of carbonyl (C=O) groups is 2. The number of hydrogen-bond acceptors (Lipinski definition) is 4. The van der Waals surface area contributed by atoms with Crippen molar-refractivity contribution >= 4 is 48.7 Å². The highest BCUT2D eigenvalue weighted by atomic mass is 31.2. The van der Waals surface area contributed by atoms with Crippen molar-refractivity contribution in [1.29, 1.82) is 0 Å². The van der Waals surface area contributed by atoms with E-state index >= 15 is 0 Å². The van der Waals surface area contributed by atoms with E-state index in [1.165, 1.54) is 0 Å². The molecule has 0 bridgehead atoms. The van der Waals surface area contributed by atoms with E-state index in [9.17, 15) is 9.59 Å². The second-order valence-corrected chi connectivity index (χ2v) is 19.8. The third-order valence-electron chi connectivity index (χ3n) is 7.68. The lowest BCUT2D eigenvalue weighted by Crippen LogP contribution is -2.45. The Morgan fingerprint density at radius 1 is 0.800 bits per heavy atom. The predicted octanol–water partition coefficient (Wildman–Crippen LogP) is 6.87. The van der Waals surface area contributed by atoms with Crippen molar-refractivity contribution in [2.24, 2.45) is 0 Å². The van der Waals surface area contributed by atoms with Crippen LogP contribution in [0.3, 0.4) is 0 Å². The molecule has 0 aromatic heterocycles. The normalized spacial score (nSPS) is 12.9. The summed E-state index contributed by atoms with van der Waals surface area (Å²) in [5.41, 5.74) is 0. The fraction of sp³-hybridized carbons (Fsp3) is 0.382. The molecular weight excluding hydrogens is 531 g/mol. The Bertz CT molecular complexity index is 1180. The maximum atomic E-state index is 14.1. The average molecular weight is 577 g/mol. The van der Waals surface area contributed by atoms with Gasteiger partial charge in [0.2, 0.25) is 0 Å². The van der Waals surface area contributed by atoms with Crippen molar-refractivity contribution in [3.63, 3.8) is 0 Å². The molecule has 3 rings (SSSR count). The van der Waals surface area contributed by atoms with Gasteiger partial charge >= 0.3 is 5.97 Å². The maximum Gasteiger partial charge on any atom is 0.308 e. The van der Waals surface area contributed by atoms with Gasteiger partial charge in [-0.3, -0.25) is 9.59 Å². The van der Waals surface area contributed by atoms with Crippen molar-refractivity contribution in [3.8, 4) is 0 Å². The van der Waals surface area contributed by atoms with Crippen LogP contribution in [0.5, 0.6) is 0 Å². The maximum absolute atomic E-state index is 14.1. The van der Waals surface area contributed by atoms with Crippen LogP contribution in [0, 0.1) is 0 Å². The van der Waals surface area contributed by atoms with Gasteiger partial charge in [-0.15, -0.1) is 0 Å². The van der Waals surface area contributed by atoms with Crippen molar-refractivity contribution in [2.45, 2.75) is 77.6 Å². The number of benzene rings is 3. The molecule has 4 nitrogen and oxygen atoms in total. The zero-order valence-corrected chi connectivity index (χ0v) is 26.8. The van der Waals surface area contributed by atoms with Crippen LogP contribution < -0.4 is 15.9 Å². The Morgan fingerprint density at radius 3 is 1.65 bits per heavy atom. The number of carbonyl (C=O) groups excluding carboxylic acids is 2. The number of ketones is 1. The monoisotopic (exact) mass is 576 g/mol. The van der Waals surface area contributed by atoms with Crippen LogP contribution >= 0.6 is 6.89 Å². The Hall–Kier alpha value is -2.72. The van der Waals surface area contributed by atoms with E-state index in [0.29, 0.717) is 6.61 Å². The van der Waals surface area contributed by atoms with Crippen molar-refractivity contribution in [3.05, 3.63) is 91.0 Å². The fourth-order valence-electron chi connectivity index (χ4n) is 4.48. The smallest absolute Gasteiger partial charge is 0.308 e. The summed E-state index contributed by atoms with van der Waals surface area (Å²) in [6.07, 6.45) is 1.44. The molecular formula is C34H45O4PSi. The first kappa shape index (κ1) is 31.8. The minimum atomic E-state index is -2.44. The number of rotatable bonds is 13. The first-order valence-electron chi connectivity index (χ1n) is 14.3. The highest BCUT2D eigenvalue weighted by Gasteiger charge is 2.40. The molecule has 0 saturated heterocycles. The molecule has 0 aliphatic rings. The van der Waals surface area contributed by atoms with Gasteiger partial charge in [0.15, 0.2) is 14.1 Å². The third-order valence-corrected chi connectivity index (χ3v) is 16.2. The first-order valence-corrected chi connectivity index (χ1v) is 19.0. The Morgan fingerprint density at radius 2 is 1.25 bits per heavy atom. The van der Waals surface area contributed by atoms with Crippen LogP contribution in [-0.2, 0) is 18.8 Å². The molecule has 214 valence electrons. The van der Waals surface area contributed by atoms with Gasteiger partial charge in [0, 0.05) is 6.42 Å². The largest absolute Gasteiger partial charge is 0.466 e. The Kier molecular flexibility index (Phi) is 11.3. The standard InChI is InChI=1S/C34H45O4PSi/c1-7-8-24-37-33(36)26-29(38-40(5,6)34(2,3)4)25-28(35)27-39(30-18-12-9-13-19-30,31-20-14-10-15-21-31)32-22-16-11-17-23-32/h9-23,27,29H,7-8,24-26H2,1-6H3/t29-/m0/s1. The van der Waals surface area contributed by atoms with Gasteiger partial charge in [0.25, 0.3) is 0 Å². The van der Waals surface area contributed by atoms with Gasteiger partial charge in [0.1, 0.15) is 0 Å². The zero-order chi connectivity index (χ0) is 29.2. The lowest BCUT2D eigenvalue weighted by molar-refractivity contribution is -0.145. The van der Waals surface area contributed by atoms with Crippen LogP contribution in [0.15, 0.2) is 91.0 Å². The van der Waals surface area contributed by atoms with Crippen molar-refractivity contribution in [2.75, 3.05) is 6.61 Å². The van der Waals surface area contributed by atoms with E-state index in [0.717, 1.165) is 28.8 Å². The molecule has 0 heterocycles.